The molecule has 1 aromatic rings. The van der Waals surface area contributed by atoms with E-state index in [9.17, 15) is 4.79 Å². The quantitative estimate of drug-likeness (QED) is 0.847. The van der Waals surface area contributed by atoms with Crippen molar-refractivity contribution < 1.29 is 9.53 Å². The fourth-order valence-corrected chi connectivity index (χ4v) is 3.71. The molecule has 0 aromatic heterocycles. The van der Waals surface area contributed by atoms with Crippen molar-refractivity contribution in [2.45, 2.75) is 52.0 Å². The zero-order valence-corrected chi connectivity index (χ0v) is 16.5. The third-order valence-corrected chi connectivity index (χ3v) is 5.69. The average molecular weight is 347 g/mol. The Kier molecular flexibility index (Phi) is 7.03. The van der Waals surface area contributed by atoms with Gasteiger partial charge in [0.1, 0.15) is 0 Å². The highest BCUT2D eigenvalue weighted by atomic mass is 16.5. The number of carbonyl (C=O) groups is 1. The fourth-order valence-electron chi connectivity index (χ4n) is 3.71. The summed E-state index contributed by atoms with van der Waals surface area (Å²) in [6.45, 7) is 12.7. The summed E-state index contributed by atoms with van der Waals surface area (Å²) in [6.07, 6.45) is 1.78. The Bertz CT molecular complexity index is 542. The molecule has 2 saturated heterocycles. The number of rotatable bonds is 4. The van der Waals surface area contributed by atoms with E-state index in [4.69, 9.17) is 4.74 Å². The van der Waals surface area contributed by atoms with Crippen LogP contribution in [0.2, 0.25) is 0 Å². The molecule has 0 amide bonds. The molecule has 1 aromatic carbocycles. The van der Waals surface area contributed by atoms with E-state index in [0.717, 1.165) is 39.0 Å². The number of likely N-dealkylation sites (tertiary alicyclic amines) is 1. The molecule has 2 heterocycles. The largest absolute Gasteiger partial charge is 0.469 e. The molecule has 0 spiro atoms. The van der Waals surface area contributed by atoms with Crippen LogP contribution in [0, 0.1) is 5.92 Å². The van der Waals surface area contributed by atoms with Crippen molar-refractivity contribution in [1.82, 2.24) is 10.2 Å². The third-order valence-electron chi connectivity index (χ3n) is 5.69. The van der Waals surface area contributed by atoms with Crippen LogP contribution in [-0.4, -0.2) is 44.2 Å². The predicted octanol–water partition coefficient (Wildman–Crippen LogP) is 3.52. The molecule has 0 bridgehead atoms. The van der Waals surface area contributed by atoms with Crippen molar-refractivity contribution in [2.75, 3.05) is 33.3 Å². The number of hydrogen-bond acceptors (Lipinski definition) is 4. The molecule has 3 rings (SSSR count). The van der Waals surface area contributed by atoms with Crippen molar-refractivity contribution in [3.63, 3.8) is 0 Å². The first-order valence-electron chi connectivity index (χ1n) is 9.66. The van der Waals surface area contributed by atoms with Gasteiger partial charge in [-0.3, -0.25) is 9.69 Å². The molecule has 2 aliphatic heterocycles. The molecule has 140 valence electrons. The highest BCUT2D eigenvalue weighted by molar-refractivity contribution is 5.72. The number of carbonyl (C=O) groups excluding carboxylic acids is 1. The van der Waals surface area contributed by atoms with Crippen molar-refractivity contribution in [3.8, 4) is 0 Å². The van der Waals surface area contributed by atoms with E-state index in [0.29, 0.717) is 5.92 Å². The molecule has 0 saturated carbocycles. The highest BCUT2D eigenvalue weighted by Crippen LogP contribution is 2.33. The molecular weight excluding hydrogens is 312 g/mol. The Labute approximate surface area is 152 Å². The van der Waals surface area contributed by atoms with Crippen LogP contribution in [0.5, 0.6) is 0 Å². The number of nitrogens with one attached hydrogen (secondary N) is 1. The summed E-state index contributed by atoms with van der Waals surface area (Å²) in [5.41, 5.74) is 2.79. The smallest absolute Gasteiger partial charge is 0.308 e. The minimum absolute atomic E-state index is 0.00250. The Morgan fingerprint density at radius 1 is 1.12 bits per heavy atom. The number of benzene rings is 1. The van der Waals surface area contributed by atoms with Crippen LogP contribution in [0.25, 0.3) is 0 Å². The molecule has 0 radical (unpaired) electrons. The van der Waals surface area contributed by atoms with Crippen LogP contribution in [0.15, 0.2) is 24.3 Å². The van der Waals surface area contributed by atoms with E-state index in [-0.39, 0.29) is 17.4 Å². The van der Waals surface area contributed by atoms with Crippen LogP contribution in [0.3, 0.4) is 0 Å². The number of methoxy groups -OCH3 is 1. The van der Waals surface area contributed by atoms with Crippen molar-refractivity contribution in [2.24, 2.45) is 5.92 Å². The van der Waals surface area contributed by atoms with Gasteiger partial charge >= 0.3 is 5.97 Å². The molecule has 2 fully saturated rings. The SMILES string of the molecule is CC.COC(=O)C1CCN(C(C)(C)c2ccc(C3CNC3)cc2)CC1. The van der Waals surface area contributed by atoms with Crippen LogP contribution < -0.4 is 5.32 Å². The Balaban J connectivity index is 0.00000109. The average Bonchev–Trinajstić information content (AvgIpc) is 2.62. The van der Waals surface area contributed by atoms with Gasteiger partial charge in [-0.15, -0.1) is 0 Å². The Morgan fingerprint density at radius 2 is 1.68 bits per heavy atom. The summed E-state index contributed by atoms with van der Waals surface area (Å²) in [4.78, 5) is 14.2. The van der Waals surface area contributed by atoms with E-state index in [2.05, 4.69) is 48.3 Å². The summed E-state index contributed by atoms with van der Waals surface area (Å²) in [5.74, 6) is 0.699. The topological polar surface area (TPSA) is 41.6 Å². The van der Waals surface area contributed by atoms with Gasteiger partial charge in [0.05, 0.1) is 13.0 Å². The minimum atomic E-state index is -0.0547. The van der Waals surface area contributed by atoms with Gasteiger partial charge < -0.3 is 10.1 Å². The van der Waals surface area contributed by atoms with Crippen LogP contribution in [0.1, 0.15) is 57.6 Å². The third kappa shape index (κ3) is 4.42. The van der Waals surface area contributed by atoms with Crippen LogP contribution in [0.4, 0.5) is 0 Å². The van der Waals surface area contributed by atoms with Gasteiger partial charge in [0.25, 0.3) is 0 Å². The Hall–Kier alpha value is -1.39. The molecule has 25 heavy (non-hydrogen) atoms. The normalized spacial score (nSPS) is 19.6. The standard InChI is InChI=1S/C19H28N2O2.C2H6/c1-19(2,21-10-8-15(9-11-21)18(22)23-3)17-6-4-14(5-7-17)16-12-20-13-16;1-2/h4-7,15-16,20H,8-13H2,1-3H3;1-2H3. The van der Waals surface area contributed by atoms with E-state index in [1.54, 1.807) is 0 Å². The van der Waals surface area contributed by atoms with Gasteiger partial charge in [0.15, 0.2) is 0 Å². The van der Waals surface area contributed by atoms with Crippen molar-refractivity contribution in [1.29, 1.82) is 0 Å². The van der Waals surface area contributed by atoms with Gasteiger partial charge in [-0.1, -0.05) is 38.1 Å². The van der Waals surface area contributed by atoms with Gasteiger partial charge in [0.2, 0.25) is 0 Å². The second kappa shape index (κ2) is 8.81. The lowest BCUT2D eigenvalue weighted by Gasteiger charge is -2.43. The molecule has 0 unspecified atom stereocenters. The summed E-state index contributed by atoms with van der Waals surface area (Å²) in [7, 11) is 1.48. The maximum Gasteiger partial charge on any atom is 0.308 e. The second-order valence-corrected chi connectivity index (χ2v) is 7.32. The van der Waals surface area contributed by atoms with E-state index in [1.165, 1.54) is 18.2 Å². The lowest BCUT2D eigenvalue weighted by atomic mass is 9.85. The number of hydrogen-bond donors (Lipinski definition) is 1. The number of ether oxygens (including phenoxy) is 1. The maximum absolute atomic E-state index is 11.7. The van der Waals surface area contributed by atoms with E-state index in [1.807, 2.05) is 13.8 Å². The molecule has 4 heteroatoms. The van der Waals surface area contributed by atoms with Crippen LogP contribution >= 0.6 is 0 Å². The van der Waals surface area contributed by atoms with E-state index >= 15 is 0 Å². The van der Waals surface area contributed by atoms with Crippen LogP contribution in [-0.2, 0) is 15.1 Å². The van der Waals surface area contributed by atoms with Gasteiger partial charge in [-0.05, 0) is 50.9 Å². The monoisotopic (exact) mass is 346 g/mol. The molecule has 2 aliphatic rings. The zero-order valence-electron chi connectivity index (χ0n) is 16.5. The lowest BCUT2D eigenvalue weighted by Crippen LogP contribution is -2.47. The molecule has 0 atom stereocenters. The predicted molar refractivity (Wildman–Crippen MR) is 103 cm³/mol. The van der Waals surface area contributed by atoms with Gasteiger partial charge in [0, 0.05) is 24.5 Å². The molecule has 4 nitrogen and oxygen atoms in total. The zero-order chi connectivity index (χ0) is 18.4. The summed E-state index contributed by atoms with van der Waals surface area (Å²) in [6, 6.07) is 9.12. The van der Waals surface area contributed by atoms with Crippen molar-refractivity contribution in [3.05, 3.63) is 35.4 Å². The lowest BCUT2D eigenvalue weighted by molar-refractivity contribution is -0.147. The number of nitrogens with zero attached hydrogens (tertiary/aromatic N) is 1. The molecular formula is C21H34N2O2. The van der Waals surface area contributed by atoms with Gasteiger partial charge in [-0.2, -0.15) is 0 Å². The first-order chi connectivity index (χ1) is 12.0. The number of esters is 1. The summed E-state index contributed by atoms with van der Waals surface area (Å²) >= 11 is 0. The molecule has 0 aliphatic carbocycles. The second-order valence-electron chi connectivity index (χ2n) is 7.32. The van der Waals surface area contributed by atoms with E-state index < -0.39 is 0 Å². The van der Waals surface area contributed by atoms with Crippen molar-refractivity contribution >= 4 is 5.97 Å². The number of piperidine rings is 1. The summed E-state index contributed by atoms with van der Waals surface area (Å²) < 4.78 is 4.88. The maximum atomic E-state index is 11.7. The molecule has 1 N–H and O–H groups in total. The highest BCUT2D eigenvalue weighted by Gasteiger charge is 2.34. The fraction of sp³-hybridized carbons (Fsp3) is 0.667. The minimum Gasteiger partial charge on any atom is -0.469 e. The Morgan fingerprint density at radius 3 is 2.12 bits per heavy atom. The summed E-state index contributed by atoms with van der Waals surface area (Å²) in [5, 5.41) is 3.33. The first kappa shape index (κ1) is 19.9. The van der Waals surface area contributed by atoms with Gasteiger partial charge in [-0.25, -0.2) is 0 Å². The first-order valence-corrected chi connectivity index (χ1v) is 9.66.